The maximum Gasteiger partial charge on any atom is 0.309 e. The van der Waals surface area contributed by atoms with E-state index in [1.54, 1.807) is 32.1 Å². The number of epoxide rings is 1. The van der Waals surface area contributed by atoms with Crippen LogP contribution in [0.3, 0.4) is 0 Å². The van der Waals surface area contributed by atoms with Crippen LogP contribution >= 0.6 is 11.3 Å². The fourth-order valence-electron chi connectivity index (χ4n) is 5.07. The molecule has 7 atom stereocenters. The van der Waals surface area contributed by atoms with E-state index < -0.39 is 35.6 Å². The van der Waals surface area contributed by atoms with Gasteiger partial charge in [-0.2, -0.15) is 0 Å². The zero-order valence-corrected chi connectivity index (χ0v) is 22.9. The van der Waals surface area contributed by atoms with Crippen molar-refractivity contribution < 1.29 is 29.3 Å². The second-order valence-corrected chi connectivity index (χ2v) is 12.3. The van der Waals surface area contributed by atoms with Crippen LogP contribution in [0.1, 0.15) is 84.3 Å². The van der Waals surface area contributed by atoms with Crippen molar-refractivity contribution in [2.24, 2.45) is 17.3 Å². The maximum atomic E-state index is 13.2. The van der Waals surface area contributed by atoms with Crippen molar-refractivity contribution in [3.05, 3.63) is 21.7 Å². The molecule has 2 fully saturated rings. The van der Waals surface area contributed by atoms with E-state index in [0.717, 1.165) is 35.5 Å². The molecular weight excluding hydrogens is 466 g/mol. The van der Waals surface area contributed by atoms with Crippen LogP contribution in [0.2, 0.25) is 0 Å². The number of esters is 1. The molecule has 2 aliphatic rings. The Labute approximate surface area is 212 Å². The fourth-order valence-corrected chi connectivity index (χ4v) is 5.64. The number of aromatic nitrogens is 1. The average Bonchev–Trinajstić information content (AvgIpc) is 3.22. The van der Waals surface area contributed by atoms with E-state index in [0.29, 0.717) is 6.42 Å². The van der Waals surface area contributed by atoms with Crippen molar-refractivity contribution in [2.45, 2.75) is 111 Å². The maximum absolute atomic E-state index is 13.2. The number of cyclic esters (lactones) is 1. The highest BCUT2D eigenvalue weighted by Crippen LogP contribution is 2.45. The van der Waals surface area contributed by atoms with E-state index in [9.17, 15) is 19.8 Å². The summed E-state index contributed by atoms with van der Waals surface area (Å²) < 4.78 is 11.9. The number of aliphatic hydroxyl groups excluding tert-OH is 2. The Balaban J connectivity index is 1.85. The molecule has 2 N–H and O–H groups in total. The van der Waals surface area contributed by atoms with Crippen LogP contribution in [0.15, 0.2) is 11.0 Å². The van der Waals surface area contributed by atoms with Gasteiger partial charge in [-0.15, -0.1) is 11.3 Å². The number of carbonyl (C=O) groups excluding carboxylic acids is 2. The normalized spacial score (nSPS) is 37.5. The van der Waals surface area contributed by atoms with Crippen LogP contribution in [-0.4, -0.2) is 57.0 Å². The van der Waals surface area contributed by atoms with Gasteiger partial charge in [-0.1, -0.05) is 34.1 Å². The van der Waals surface area contributed by atoms with Crippen LogP contribution < -0.4 is 0 Å². The topological polar surface area (TPSA) is 109 Å². The minimum absolute atomic E-state index is 0.0455. The first-order valence-corrected chi connectivity index (χ1v) is 13.5. The van der Waals surface area contributed by atoms with Crippen molar-refractivity contribution in [3.8, 4) is 0 Å². The number of hydrogen-bond acceptors (Lipinski definition) is 8. The summed E-state index contributed by atoms with van der Waals surface area (Å²) in [5.74, 6) is -1.55. The van der Waals surface area contributed by atoms with Crippen molar-refractivity contribution in [1.29, 1.82) is 0 Å². The van der Waals surface area contributed by atoms with Crippen molar-refractivity contribution in [2.75, 3.05) is 0 Å². The summed E-state index contributed by atoms with van der Waals surface area (Å²) in [5.41, 5.74) is 0.179. The van der Waals surface area contributed by atoms with E-state index >= 15 is 0 Å². The lowest BCUT2D eigenvalue weighted by Crippen LogP contribution is -2.45. The first-order chi connectivity index (χ1) is 16.2. The van der Waals surface area contributed by atoms with Gasteiger partial charge in [0.25, 0.3) is 0 Å². The molecule has 35 heavy (non-hydrogen) atoms. The van der Waals surface area contributed by atoms with Crippen LogP contribution in [0.4, 0.5) is 0 Å². The van der Waals surface area contributed by atoms with Gasteiger partial charge in [0.1, 0.15) is 11.9 Å². The Bertz CT molecular complexity index is 955. The molecule has 3 heterocycles. The van der Waals surface area contributed by atoms with Gasteiger partial charge in [0.2, 0.25) is 0 Å². The number of aryl methyl sites for hydroxylation is 1. The van der Waals surface area contributed by atoms with E-state index in [-0.39, 0.29) is 29.8 Å². The summed E-state index contributed by atoms with van der Waals surface area (Å²) >= 11 is 1.56. The highest BCUT2D eigenvalue weighted by atomic mass is 32.1. The molecule has 8 heteroatoms. The zero-order valence-electron chi connectivity index (χ0n) is 22.0. The minimum Gasteiger partial charge on any atom is -0.458 e. The van der Waals surface area contributed by atoms with Crippen molar-refractivity contribution >= 4 is 29.2 Å². The molecular formula is C27H41NO6S. The number of rotatable bonds is 2. The molecule has 0 spiro atoms. The van der Waals surface area contributed by atoms with Gasteiger partial charge in [-0.05, 0) is 51.2 Å². The molecule has 2 saturated heterocycles. The van der Waals surface area contributed by atoms with E-state index in [1.165, 1.54) is 0 Å². The summed E-state index contributed by atoms with van der Waals surface area (Å²) in [6, 6.07) is 0. The first kappa shape index (κ1) is 28.0. The second kappa shape index (κ2) is 10.8. The Morgan fingerprint density at radius 3 is 2.54 bits per heavy atom. The Hall–Kier alpha value is -1.61. The number of hydrogen-bond donors (Lipinski definition) is 2. The highest BCUT2D eigenvalue weighted by Gasteiger charge is 2.53. The van der Waals surface area contributed by atoms with Gasteiger partial charge in [-0.3, -0.25) is 9.59 Å². The average molecular weight is 508 g/mol. The number of fused-ring (bicyclic) bond motifs is 1. The molecule has 0 amide bonds. The number of nitrogens with zero attached hydrogens (tertiary/aromatic N) is 1. The van der Waals surface area contributed by atoms with Gasteiger partial charge < -0.3 is 19.7 Å². The van der Waals surface area contributed by atoms with Crippen LogP contribution in [0.5, 0.6) is 0 Å². The monoisotopic (exact) mass is 507 g/mol. The number of thiazole rings is 1. The molecule has 0 bridgehead atoms. The predicted octanol–water partition coefficient (Wildman–Crippen LogP) is 4.48. The number of Topliss-reactive ketones (excluding diaryl/α,β-unsaturated/α-hetero) is 1. The second-order valence-electron chi connectivity index (χ2n) is 11.3. The van der Waals surface area contributed by atoms with Crippen molar-refractivity contribution in [3.63, 3.8) is 0 Å². The Morgan fingerprint density at radius 2 is 1.91 bits per heavy atom. The summed E-state index contributed by atoms with van der Waals surface area (Å²) in [7, 11) is 0. The summed E-state index contributed by atoms with van der Waals surface area (Å²) in [6.07, 6.45) is 1.98. The van der Waals surface area contributed by atoms with Gasteiger partial charge >= 0.3 is 5.97 Å². The predicted molar refractivity (Wildman–Crippen MR) is 136 cm³/mol. The molecule has 2 aliphatic heterocycles. The van der Waals surface area contributed by atoms with Gasteiger partial charge in [-0.25, -0.2) is 4.98 Å². The smallest absolute Gasteiger partial charge is 0.309 e. The van der Waals surface area contributed by atoms with E-state index in [4.69, 9.17) is 9.47 Å². The molecule has 0 unspecified atom stereocenters. The molecule has 0 saturated carbocycles. The Kier molecular flexibility index (Phi) is 8.62. The number of ether oxygens (including phenoxy) is 2. The molecule has 1 aromatic heterocycles. The lowest BCUT2D eigenvalue weighted by molar-refractivity contribution is -0.154. The van der Waals surface area contributed by atoms with Gasteiger partial charge in [0, 0.05) is 17.7 Å². The third-order valence-corrected chi connectivity index (χ3v) is 8.72. The van der Waals surface area contributed by atoms with Crippen molar-refractivity contribution in [1.82, 2.24) is 4.98 Å². The Morgan fingerprint density at radius 1 is 1.23 bits per heavy atom. The number of ketones is 1. The third kappa shape index (κ3) is 6.59. The number of carbonyl (C=O) groups is 2. The summed E-state index contributed by atoms with van der Waals surface area (Å²) in [5, 5.41) is 24.6. The minimum atomic E-state index is -1.23. The quantitative estimate of drug-likeness (QED) is 0.449. The summed E-state index contributed by atoms with van der Waals surface area (Å²) in [4.78, 5) is 30.6. The molecule has 0 aliphatic carbocycles. The zero-order chi connectivity index (χ0) is 26.1. The van der Waals surface area contributed by atoms with E-state index in [1.807, 2.05) is 32.2 Å². The van der Waals surface area contributed by atoms with Crippen LogP contribution in [0.25, 0.3) is 6.08 Å². The molecule has 7 nitrogen and oxygen atoms in total. The van der Waals surface area contributed by atoms with Crippen LogP contribution in [-0.2, 0) is 19.1 Å². The number of aliphatic hydroxyl groups is 2. The molecule has 3 rings (SSSR count). The molecule has 1 aromatic rings. The lowest BCUT2D eigenvalue weighted by Gasteiger charge is -2.34. The highest BCUT2D eigenvalue weighted by molar-refractivity contribution is 7.09. The third-order valence-electron chi connectivity index (χ3n) is 7.93. The molecule has 196 valence electrons. The molecule has 0 aromatic carbocycles. The largest absolute Gasteiger partial charge is 0.458 e. The van der Waals surface area contributed by atoms with E-state index in [2.05, 4.69) is 11.9 Å². The fraction of sp³-hybridized carbons (Fsp3) is 0.741. The first-order valence-electron chi connectivity index (χ1n) is 12.6. The standard InChI is InChI=1S/C27H41NO6S/c1-15-9-8-10-27(7)22(34-27)12-20(16(2)11-19-14-35-18(4)28-19)33-23(30)13-21(29)26(5,6)25(32)17(3)24(15)31/h11,14-15,17,20-22,24,29,31H,8-10,12-13H2,1-7H3/b16-11+/t15-,17+,20-,21-,22-,24-,27+/m1/s1. The van der Waals surface area contributed by atoms with Crippen LogP contribution in [0, 0.1) is 24.2 Å². The summed E-state index contributed by atoms with van der Waals surface area (Å²) in [6.45, 7) is 12.8. The molecule has 0 radical (unpaired) electrons. The van der Waals surface area contributed by atoms with Gasteiger partial charge in [0.05, 0.1) is 46.5 Å². The lowest BCUT2D eigenvalue weighted by atomic mass is 9.73. The SMILES string of the molecule is C/C(=C\c1csc(C)n1)[C@H]1C[C@H]2O[C@@]2(C)CCC[C@@H](C)[C@@H](O)[C@H](C)C(=O)C(C)(C)[C@H](O)CC(=O)O1. The van der Waals surface area contributed by atoms with Gasteiger partial charge in [0.15, 0.2) is 0 Å².